The molecule has 6 nitrogen and oxygen atoms in total. The van der Waals surface area contributed by atoms with Crippen LogP contribution >= 0.6 is 11.3 Å². The van der Waals surface area contributed by atoms with Crippen molar-refractivity contribution in [1.82, 2.24) is 15.1 Å². The summed E-state index contributed by atoms with van der Waals surface area (Å²) in [5.41, 5.74) is 2.05. The summed E-state index contributed by atoms with van der Waals surface area (Å²) >= 11 is 1.41. The van der Waals surface area contributed by atoms with Gasteiger partial charge in [0, 0.05) is 18.4 Å². The molecule has 1 unspecified atom stereocenters. The van der Waals surface area contributed by atoms with Gasteiger partial charge >= 0.3 is 5.97 Å². The molecule has 3 rings (SSSR count). The van der Waals surface area contributed by atoms with Gasteiger partial charge in [0.15, 0.2) is 0 Å². The monoisotopic (exact) mass is 371 g/mol. The number of carboxylic acid groups (broad SMARTS) is 1. The Hall–Kier alpha value is -2.67. The number of hydrogen-bond donors (Lipinski definition) is 2. The number of carboxylic acids is 1. The third-order valence-corrected chi connectivity index (χ3v) is 5.29. The molecule has 1 atom stereocenters. The molecule has 0 aliphatic carbocycles. The van der Waals surface area contributed by atoms with Gasteiger partial charge in [0.05, 0.1) is 17.1 Å². The van der Waals surface area contributed by atoms with Gasteiger partial charge in [-0.25, -0.2) is 0 Å². The number of rotatable bonds is 7. The van der Waals surface area contributed by atoms with Crippen LogP contribution in [0.15, 0.2) is 36.4 Å². The van der Waals surface area contributed by atoms with Crippen LogP contribution in [-0.4, -0.2) is 33.3 Å². The summed E-state index contributed by atoms with van der Waals surface area (Å²) in [6.07, 6.45) is 0.0395. The van der Waals surface area contributed by atoms with E-state index in [1.54, 1.807) is 6.92 Å². The molecule has 1 amide bonds. The van der Waals surface area contributed by atoms with Crippen molar-refractivity contribution >= 4 is 33.4 Å². The number of carbonyl (C=O) groups is 2. The average molecular weight is 371 g/mol. The fraction of sp³-hybridized carbons (Fsp3) is 0.316. The van der Waals surface area contributed by atoms with Gasteiger partial charge in [0.2, 0.25) is 0 Å². The van der Waals surface area contributed by atoms with Gasteiger partial charge in [-0.2, -0.15) is 5.10 Å². The van der Waals surface area contributed by atoms with Crippen LogP contribution in [0.2, 0.25) is 0 Å². The van der Waals surface area contributed by atoms with Crippen molar-refractivity contribution in [3.63, 3.8) is 0 Å². The molecule has 0 spiro atoms. The SMILES string of the molecule is Cc1nn(Cc2ccccc2)c2sc(C(=O)NCC(C)CC(=O)O)cc12. The van der Waals surface area contributed by atoms with Crippen LogP contribution < -0.4 is 5.32 Å². The van der Waals surface area contributed by atoms with E-state index >= 15 is 0 Å². The third-order valence-electron chi connectivity index (χ3n) is 4.14. The highest BCUT2D eigenvalue weighted by atomic mass is 32.1. The number of aliphatic carboxylic acids is 1. The molecule has 0 radical (unpaired) electrons. The lowest BCUT2D eigenvalue weighted by atomic mass is 10.1. The Morgan fingerprint density at radius 1 is 1.31 bits per heavy atom. The van der Waals surface area contributed by atoms with Crippen molar-refractivity contribution in [3.8, 4) is 0 Å². The van der Waals surface area contributed by atoms with Gasteiger partial charge < -0.3 is 10.4 Å². The number of nitrogens with zero attached hydrogens (tertiary/aromatic N) is 2. The lowest BCUT2D eigenvalue weighted by molar-refractivity contribution is -0.137. The highest BCUT2D eigenvalue weighted by Gasteiger charge is 2.17. The maximum atomic E-state index is 12.4. The van der Waals surface area contributed by atoms with Gasteiger partial charge in [0.25, 0.3) is 5.91 Å². The van der Waals surface area contributed by atoms with Gasteiger partial charge in [-0.3, -0.25) is 14.3 Å². The fourth-order valence-electron chi connectivity index (χ4n) is 2.81. The summed E-state index contributed by atoms with van der Waals surface area (Å²) in [4.78, 5) is 24.7. The number of aromatic nitrogens is 2. The number of nitrogens with one attached hydrogen (secondary N) is 1. The number of aryl methyl sites for hydroxylation is 1. The zero-order chi connectivity index (χ0) is 18.7. The zero-order valence-electron chi connectivity index (χ0n) is 14.7. The van der Waals surface area contributed by atoms with Crippen molar-refractivity contribution < 1.29 is 14.7 Å². The van der Waals surface area contributed by atoms with Crippen LogP contribution in [0, 0.1) is 12.8 Å². The van der Waals surface area contributed by atoms with Crippen LogP contribution in [-0.2, 0) is 11.3 Å². The van der Waals surface area contributed by atoms with Gasteiger partial charge in [-0.15, -0.1) is 11.3 Å². The first-order chi connectivity index (χ1) is 12.4. The number of hydrogen-bond acceptors (Lipinski definition) is 4. The molecule has 136 valence electrons. The van der Waals surface area contributed by atoms with E-state index in [0.29, 0.717) is 18.0 Å². The molecular formula is C19H21N3O3S. The Kier molecular flexibility index (Phi) is 5.37. The Morgan fingerprint density at radius 3 is 2.73 bits per heavy atom. The van der Waals surface area contributed by atoms with E-state index in [4.69, 9.17) is 5.11 Å². The highest BCUT2D eigenvalue weighted by molar-refractivity contribution is 7.20. The fourth-order valence-corrected chi connectivity index (χ4v) is 3.89. The first-order valence-corrected chi connectivity index (χ1v) is 9.26. The standard InChI is InChI=1S/C19H21N3O3S/c1-12(8-17(23)24)10-20-18(25)16-9-15-13(2)21-22(19(15)26-16)11-14-6-4-3-5-7-14/h3-7,9,12H,8,10-11H2,1-2H3,(H,20,25)(H,23,24). The van der Waals surface area contributed by atoms with E-state index in [9.17, 15) is 9.59 Å². The van der Waals surface area contributed by atoms with E-state index in [-0.39, 0.29) is 18.2 Å². The molecule has 0 aliphatic heterocycles. The Labute approximate surface area is 155 Å². The second-order valence-corrected chi connectivity index (χ2v) is 7.50. The topological polar surface area (TPSA) is 84.2 Å². The summed E-state index contributed by atoms with van der Waals surface area (Å²) < 4.78 is 1.93. The zero-order valence-corrected chi connectivity index (χ0v) is 15.5. The Bertz CT molecular complexity index is 930. The summed E-state index contributed by atoms with van der Waals surface area (Å²) in [6.45, 7) is 4.74. The number of benzene rings is 1. The van der Waals surface area contributed by atoms with Crippen LogP contribution in [0.3, 0.4) is 0 Å². The third kappa shape index (κ3) is 4.11. The second-order valence-electron chi connectivity index (χ2n) is 6.47. The van der Waals surface area contributed by atoms with Gasteiger partial charge in [0.1, 0.15) is 4.83 Å². The van der Waals surface area contributed by atoms with E-state index in [0.717, 1.165) is 21.5 Å². The normalized spacial score (nSPS) is 12.2. The number of carbonyl (C=O) groups excluding carboxylic acids is 1. The maximum absolute atomic E-state index is 12.4. The number of fused-ring (bicyclic) bond motifs is 1. The van der Waals surface area contributed by atoms with E-state index < -0.39 is 5.97 Å². The highest BCUT2D eigenvalue weighted by Crippen LogP contribution is 2.28. The van der Waals surface area contributed by atoms with Crippen LogP contribution in [0.5, 0.6) is 0 Å². The lowest BCUT2D eigenvalue weighted by Crippen LogP contribution is -2.28. The smallest absolute Gasteiger partial charge is 0.303 e. The molecule has 0 bridgehead atoms. The maximum Gasteiger partial charge on any atom is 0.303 e. The largest absolute Gasteiger partial charge is 0.481 e. The predicted molar refractivity (Wildman–Crippen MR) is 102 cm³/mol. The average Bonchev–Trinajstić information content (AvgIpc) is 3.15. The molecule has 1 aromatic carbocycles. The molecule has 0 aliphatic rings. The van der Waals surface area contributed by atoms with Crippen molar-refractivity contribution in [2.24, 2.45) is 5.92 Å². The van der Waals surface area contributed by atoms with Crippen molar-refractivity contribution in [1.29, 1.82) is 0 Å². The molecule has 2 N–H and O–H groups in total. The van der Waals surface area contributed by atoms with Crippen LogP contribution in [0.1, 0.15) is 34.3 Å². The minimum Gasteiger partial charge on any atom is -0.481 e. The second kappa shape index (κ2) is 7.70. The summed E-state index contributed by atoms with van der Waals surface area (Å²) in [7, 11) is 0. The summed E-state index contributed by atoms with van der Waals surface area (Å²) in [5.74, 6) is -1.14. The Balaban J connectivity index is 1.75. The Morgan fingerprint density at radius 2 is 2.04 bits per heavy atom. The van der Waals surface area contributed by atoms with E-state index in [1.165, 1.54) is 11.3 Å². The summed E-state index contributed by atoms with van der Waals surface area (Å²) in [5, 5.41) is 17.2. The van der Waals surface area contributed by atoms with Crippen LogP contribution in [0.25, 0.3) is 10.2 Å². The minimum absolute atomic E-state index is 0.0395. The van der Waals surface area contributed by atoms with E-state index in [2.05, 4.69) is 10.4 Å². The quantitative estimate of drug-likeness (QED) is 0.667. The molecule has 7 heteroatoms. The molecule has 0 saturated heterocycles. The summed E-state index contributed by atoms with van der Waals surface area (Å²) in [6, 6.07) is 11.9. The molecule has 26 heavy (non-hydrogen) atoms. The number of amides is 1. The lowest BCUT2D eigenvalue weighted by Gasteiger charge is -2.09. The van der Waals surface area contributed by atoms with Crippen molar-refractivity contribution in [3.05, 3.63) is 52.5 Å². The molecule has 0 saturated carbocycles. The first kappa shape index (κ1) is 18.1. The van der Waals surface area contributed by atoms with Gasteiger partial charge in [-0.1, -0.05) is 37.3 Å². The number of thiophene rings is 1. The minimum atomic E-state index is -0.856. The van der Waals surface area contributed by atoms with Crippen molar-refractivity contribution in [2.75, 3.05) is 6.54 Å². The molecular weight excluding hydrogens is 350 g/mol. The van der Waals surface area contributed by atoms with Crippen LogP contribution in [0.4, 0.5) is 0 Å². The molecule has 2 heterocycles. The molecule has 3 aromatic rings. The molecule has 0 fully saturated rings. The van der Waals surface area contributed by atoms with E-state index in [1.807, 2.05) is 48.0 Å². The first-order valence-electron chi connectivity index (χ1n) is 8.45. The predicted octanol–water partition coefficient (Wildman–Crippen LogP) is 3.30. The van der Waals surface area contributed by atoms with Crippen molar-refractivity contribution in [2.45, 2.75) is 26.8 Å². The van der Waals surface area contributed by atoms with Gasteiger partial charge in [-0.05, 0) is 24.5 Å². The molecule has 2 aromatic heterocycles.